The van der Waals surface area contributed by atoms with E-state index in [9.17, 15) is 14.4 Å². The molecule has 0 aromatic heterocycles. The molecule has 1 unspecified atom stereocenters. The molecule has 0 rings (SSSR count). The third-order valence-electron chi connectivity index (χ3n) is 13.6. The van der Waals surface area contributed by atoms with Crippen molar-refractivity contribution in [3.05, 3.63) is 134 Å². The summed E-state index contributed by atoms with van der Waals surface area (Å²) in [4.78, 5) is 38.4. The number of rotatable bonds is 58. The van der Waals surface area contributed by atoms with Crippen molar-refractivity contribution >= 4 is 17.9 Å². The molecule has 79 heavy (non-hydrogen) atoms. The van der Waals surface area contributed by atoms with Gasteiger partial charge in [-0.3, -0.25) is 14.4 Å². The summed E-state index contributed by atoms with van der Waals surface area (Å²) in [5, 5.41) is 0. The van der Waals surface area contributed by atoms with Crippen LogP contribution in [0.25, 0.3) is 0 Å². The highest BCUT2D eigenvalue weighted by Crippen LogP contribution is 2.15. The Morgan fingerprint density at radius 1 is 0.266 bits per heavy atom. The predicted octanol–water partition coefficient (Wildman–Crippen LogP) is 22.5. The van der Waals surface area contributed by atoms with Crippen LogP contribution in [0.2, 0.25) is 0 Å². The van der Waals surface area contributed by atoms with Crippen molar-refractivity contribution in [2.45, 2.75) is 297 Å². The lowest BCUT2D eigenvalue weighted by molar-refractivity contribution is -0.167. The number of allylic oxidation sites excluding steroid dienone is 22. The average molecular weight is 1090 g/mol. The molecule has 0 aromatic rings. The van der Waals surface area contributed by atoms with Crippen molar-refractivity contribution in [2.24, 2.45) is 0 Å². The highest BCUT2D eigenvalue weighted by Gasteiger charge is 2.19. The van der Waals surface area contributed by atoms with Crippen LogP contribution in [0, 0.1) is 0 Å². The Bertz CT molecular complexity index is 1680. The molecule has 6 nitrogen and oxygen atoms in total. The highest BCUT2D eigenvalue weighted by atomic mass is 16.6. The summed E-state index contributed by atoms with van der Waals surface area (Å²) in [7, 11) is 0. The van der Waals surface area contributed by atoms with Gasteiger partial charge in [0.05, 0.1) is 0 Å². The predicted molar refractivity (Wildman–Crippen MR) is 343 cm³/mol. The minimum atomic E-state index is -0.799. The van der Waals surface area contributed by atoms with Crippen LogP contribution >= 0.6 is 0 Å². The zero-order chi connectivity index (χ0) is 57.1. The van der Waals surface area contributed by atoms with Gasteiger partial charge in [0.25, 0.3) is 0 Å². The molecule has 0 saturated heterocycles. The minimum absolute atomic E-state index is 0.0931. The van der Waals surface area contributed by atoms with Gasteiger partial charge in [-0.1, -0.05) is 270 Å². The molecule has 0 heterocycles. The van der Waals surface area contributed by atoms with Gasteiger partial charge in [-0.15, -0.1) is 0 Å². The number of ether oxygens (including phenoxy) is 3. The molecule has 0 saturated carbocycles. The Labute approximate surface area is 487 Å². The van der Waals surface area contributed by atoms with Gasteiger partial charge in [-0.2, -0.15) is 0 Å². The summed E-state index contributed by atoms with van der Waals surface area (Å²) < 4.78 is 16.9. The number of hydrogen-bond acceptors (Lipinski definition) is 6. The molecular formula is C73H120O6. The van der Waals surface area contributed by atoms with Crippen LogP contribution < -0.4 is 0 Å². The molecule has 0 bridgehead atoms. The van der Waals surface area contributed by atoms with Crippen LogP contribution in [0.1, 0.15) is 290 Å². The number of unbranched alkanes of at least 4 members (excludes halogenated alkanes) is 25. The highest BCUT2D eigenvalue weighted by molar-refractivity contribution is 5.71. The summed E-state index contributed by atoms with van der Waals surface area (Å²) in [6.07, 6.45) is 93.1. The molecule has 1 atom stereocenters. The van der Waals surface area contributed by atoms with Crippen molar-refractivity contribution in [2.75, 3.05) is 13.2 Å². The molecular weight excluding hydrogens is 973 g/mol. The third kappa shape index (κ3) is 64.3. The average Bonchev–Trinajstić information content (AvgIpc) is 3.45. The van der Waals surface area contributed by atoms with E-state index in [0.717, 1.165) is 154 Å². The first-order chi connectivity index (χ1) is 39.0. The van der Waals surface area contributed by atoms with Crippen molar-refractivity contribution in [3.63, 3.8) is 0 Å². The van der Waals surface area contributed by atoms with Crippen molar-refractivity contribution < 1.29 is 28.6 Å². The van der Waals surface area contributed by atoms with E-state index in [4.69, 9.17) is 14.2 Å². The summed E-state index contributed by atoms with van der Waals surface area (Å²) in [6.45, 7) is 6.37. The van der Waals surface area contributed by atoms with Crippen LogP contribution in [-0.4, -0.2) is 37.2 Å². The second-order valence-corrected chi connectivity index (χ2v) is 21.3. The molecule has 6 heteroatoms. The summed E-state index contributed by atoms with van der Waals surface area (Å²) in [6, 6.07) is 0. The van der Waals surface area contributed by atoms with Gasteiger partial charge in [0.2, 0.25) is 0 Å². The standard InChI is InChI=1S/C73H120O6/c1-4-7-10-13-16-19-22-25-28-30-32-33-34-35-36-37-38-39-41-42-45-48-51-54-57-60-63-66-72(75)78-69-70(68-77-71(74)65-62-59-56-53-50-47-44-27-24-21-18-15-12-9-6-3)79-73(76)67-64-61-58-55-52-49-46-43-40-31-29-26-23-20-17-14-11-8-5-2/h7-8,10-11,16-21,25-29,32-33,35-36,40,43-44,70H,4-6,9,12-15,22-24,30-31,34,37-39,41-42,45-69H2,1-3H3/b10-7-,11-8-,19-16-,20-17-,21-18-,28-25-,29-26-,33-32-,36-35-,43-40-,44-27-. The van der Waals surface area contributed by atoms with Crippen LogP contribution in [0.5, 0.6) is 0 Å². The van der Waals surface area contributed by atoms with Gasteiger partial charge in [-0.05, 0) is 135 Å². The van der Waals surface area contributed by atoms with Gasteiger partial charge >= 0.3 is 17.9 Å². The molecule has 0 aromatic carbocycles. The topological polar surface area (TPSA) is 78.9 Å². The summed E-state index contributed by atoms with van der Waals surface area (Å²) in [5.41, 5.74) is 0. The lowest BCUT2D eigenvalue weighted by Crippen LogP contribution is -2.30. The fraction of sp³-hybridized carbons (Fsp3) is 0.658. The molecule has 0 amide bonds. The molecule has 0 spiro atoms. The van der Waals surface area contributed by atoms with Crippen LogP contribution in [-0.2, 0) is 28.6 Å². The second kappa shape index (κ2) is 66.1. The van der Waals surface area contributed by atoms with Crippen molar-refractivity contribution in [3.8, 4) is 0 Å². The van der Waals surface area contributed by atoms with E-state index in [1.165, 1.54) is 96.3 Å². The molecule has 0 aliphatic rings. The maximum atomic E-state index is 12.9. The summed E-state index contributed by atoms with van der Waals surface area (Å²) >= 11 is 0. The maximum Gasteiger partial charge on any atom is 0.306 e. The Morgan fingerprint density at radius 3 is 0.772 bits per heavy atom. The number of esters is 3. The largest absolute Gasteiger partial charge is 0.462 e. The van der Waals surface area contributed by atoms with E-state index >= 15 is 0 Å². The van der Waals surface area contributed by atoms with E-state index in [2.05, 4.69) is 154 Å². The normalized spacial score (nSPS) is 13.0. The monoisotopic (exact) mass is 1090 g/mol. The van der Waals surface area contributed by atoms with Gasteiger partial charge < -0.3 is 14.2 Å². The first kappa shape index (κ1) is 74.5. The number of carbonyl (C=O) groups excluding carboxylic acids is 3. The Hall–Kier alpha value is -4.45. The molecule has 0 fully saturated rings. The van der Waals surface area contributed by atoms with E-state index in [-0.39, 0.29) is 31.1 Å². The van der Waals surface area contributed by atoms with E-state index in [1.807, 2.05) is 0 Å². The third-order valence-corrected chi connectivity index (χ3v) is 13.6. The maximum absolute atomic E-state index is 12.9. The van der Waals surface area contributed by atoms with E-state index < -0.39 is 6.10 Å². The van der Waals surface area contributed by atoms with E-state index in [1.54, 1.807) is 0 Å². The van der Waals surface area contributed by atoms with E-state index in [0.29, 0.717) is 19.3 Å². The van der Waals surface area contributed by atoms with Crippen LogP contribution in [0.15, 0.2) is 134 Å². The Morgan fingerprint density at radius 2 is 0.494 bits per heavy atom. The fourth-order valence-corrected chi connectivity index (χ4v) is 8.79. The minimum Gasteiger partial charge on any atom is -0.462 e. The number of hydrogen-bond donors (Lipinski definition) is 0. The Balaban J connectivity index is 4.38. The number of carbonyl (C=O) groups is 3. The first-order valence-electron chi connectivity index (χ1n) is 32.7. The summed E-state index contributed by atoms with van der Waals surface area (Å²) in [5.74, 6) is -0.920. The zero-order valence-corrected chi connectivity index (χ0v) is 51.3. The van der Waals surface area contributed by atoms with Crippen molar-refractivity contribution in [1.29, 1.82) is 0 Å². The van der Waals surface area contributed by atoms with Gasteiger partial charge in [-0.25, -0.2) is 0 Å². The zero-order valence-electron chi connectivity index (χ0n) is 51.3. The van der Waals surface area contributed by atoms with Crippen LogP contribution in [0.4, 0.5) is 0 Å². The van der Waals surface area contributed by atoms with Gasteiger partial charge in [0.15, 0.2) is 6.10 Å². The molecule has 0 aliphatic heterocycles. The smallest absolute Gasteiger partial charge is 0.306 e. The SMILES string of the molecule is CC/C=C\C/C=C\C/C=C\C/C=C\C/C=C\CCCCCCCCCCCCCC(=O)OCC(COC(=O)CCCCCCC/C=C\C/C=C\CCCCC)OC(=O)CCCCCCCC/C=C\C/C=C\C/C=C\C/C=C\CC. The quantitative estimate of drug-likeness (QED) is 0.0261. The lowest BCUT2D eigenvalue weighted by Gasteiger charge is -2.18. The molecule has 448 valence electrons. The molecule has 0 N–H and O–H groups in total. The Kier molecular flexibility index (Phi) is 62.3. The van der Waals surface area contributed by atoms with Crippen LogP contribution in [0.3, 0.4) is 0 Å². The molecule has 0 aliphatic carbocycles. The molecule has 0 radical (unpaired) electrons. The second-order valence-electron chi connectivity index (χ2n) is 21.3. The van der Waals surface area contributed by atoms with Gasteiger partial charge in [0.1, 0.15) is 13.2 Å². The van der Waals surface area contributed by atoms with Crippen molar-refractivity contribution in [1.82, 2.24) is 0 Å². The van der Waals surface area contributed by atoms with Gasteiger partial charge in [0, 0.05) is 19.3 Å². The fourth-order valence-electron chi connectivity index (χ4n) is 8.79. The first-order valence-corrected chi connectivity index (χ1v) is 32.7. The lowest BCUT2D eigenvalue weighted by atomic mass is 10.0.